The highest BCUT2D eigenvalue weighted by Crippen LogP contribution is 2.41. The molecule has 0 bridgehead atoms. The van der Waals surface area contributed by atoms with Gasteiger partial charge in [-0.25, -0.2) is 9.97 Å². The first kappa shape index (κ1) is 17.7. The molecule has 3 aromatic carbocycles. The van der Waals surface area contributed by atoms with Crippen molar-refractivity contribution in [2.75, 3.05) is 0 Å². The third-order valence-electron chi connectivity index (χ3n) is 6.79. The fraction of sp³-hybridized carbons (Fsp3) is 0. The molecule has 0 atom stereocenters. The van der Waals surface area contributed by atoms with Gasteiger partial charge < -0.3 is 4.57 Å². The Hall–Kier alpha value is -4.77. The van der Waals surface area contributed by atoms with Gasteiger partial charge in [-0.1, -0.05) is 36.4 Å². The van der Waals surface area contributed by atoms with Gasteiger partial charge in [-0.05, 0) is 54.6 Å². The first-order chi connectivity index (χ1) is 16.9. The third kappa shape index (κ3) is 2.16. The topological polar surface area (TPSA) is 48.0 Å². The van der Waals surface area contributed by atoms with Gasteiger partial charge in [0.25, 0.3) is 0 Å². The Balaban J connectivity index is 1.73. The molecule has 5 heterocycles. The zero-order chi connectivity index (χ0) is 22.2. The van der Waals surface area contributed by atoms with Crippen molar-refractivity contribution in [2.45, 2.75) is 0 Å². The smallest absolute Gasteiger partial charge is 0.178 e. The highest BCUT2D eigenvalue weighted by atomic mass is 15.1. The van der Waals surface area contributed by atoms with Crippen LogP contribution in [-0.2, 0) is 0 Å². The van der Waals surface area contributed by atoms with Gasteiger partial charge in [-0.15, -0.1) is 0 Å². The normalized spacial score (nSPS) is 12.1. The summed E-state index contributed by atoms with van der Waals surface area (Å²) in [5.74, 6) is 0. The molecule has 0 unspecified atom stereocenters. The zero-order valence-electron chi connectivity index (χ0n) is 18.1. The minimum Gasteiger partial charge on any atom is -0.309 e. The number of imidazole rings is 1. The van der Waals surface area contributed by atoms with E-state index in [-0.39, 0.29) is 0 Å². The van der Waals surface area contributed by atoms with E-state index >= 15 is 0 Å². The molecule has 8 rings (SSSR count). The average molecular weight is 435 g/mol. The number of pyridine rings is 3. The fourth-order valence-electron chi connectivity index (χ4n) is 5.46. The number of para-hydroxylation sites is 2. The molecule has 5 nitrogen and oxygen atoms in total. The molecule has 0 aliphatic carbocycles. The lowest BCUT2D eigenvalue weighted by molar-refractivity contribution is 1.18. The van der Waals surface area contributed by atoms with Gasteiger partial charge in [0.1, 0.15) is 5.65 Å². The van der Waals surface area contributed by atoms with Crippen LogP contribution in [0.3, 0.4) is 0 Å². The molecule has 158 valence electrons. The summed E-state index contributed by atoms with van der Waals surface area (Å²) >= 11 is 0. The van der Waals surface area contributed by atoms with E-state index in [4.69, 9.17) is 9.97 Å². The molecule has 5 aromatic heterocycles. The van der Waals surface area contributed by atoms with Crippen LogP contribution in [0.1, 0.15) is 0 Å². The second kappa shape index (κ2) is 6.39. The van der Waals surface area contributed by atoms with E-state index in [1.807, 2.05) is 18.3 Å². The van der Waals surface area contributed by atoms with Crippen LogP contribution in [0.2, 0.25) is 0 Å². The zero-order valence-corrected chi connectivity index (χ0v) is 18.1. The van der Waals surface area contributed by atoms with Crippen molar-refractivity contribution in [1.29, 1.82) is 0 Å². The highest BCUT2D eigenvalue weighted by molar-refractivity contribution is 6.29. The number of aromatic nitrogens is 5. The van der Waals surface area contributed by atoms with Crippen LogP contribution < -0.4 is 0 Å². The van der Waals surface area contributed by atoms with Gasteiger partial charge in [0.05, 0.1) is 27.6 Å². The molecule has 8 aromatic rings. The maximum Gasteiger partial charge on any atom is 0.178 e. The van der Waals surface area contributed by atoms with Crippen LogP contribution in [-0.4, -0.2) is 23.9 Å². The molecule has 0 spiro atoms. The second-order valence-electron chi connectivity index (χ2n) is 8.56. The first-order valence-electron chi connectivity index (χ1n) is 11.3. The average Bonchev–Trinajstić information content (AvgIpc) is 3.45. The second-order valence-corrected chi connectivity index (χ2v) is 8.56. The SMILES string of the molecule is c1ccc(-n2c3ccccc3c3c4c(ccc32)c2ncccc2n2c3cccnc3nc42)cc1. The largest absolute Gasteiger partial charge is 0.309 e. The predicted octanol–water partition coefficient (Wildman–Crippen LogP) is 6.68. The molecule has 0 aliphatic heterocycles. The van der Waals surface area contributed by atoms with E-state index in [9.17, 15) is 0 Å². The summed E-state index contributed by atoms with van der Waals surface area (Å²) in [6.07, 6.45) is 3.66. The lowest BCUT2D eigenvalue weighted by atomic mass is 10.0. The summed E-state index contributed by atoms with van der Waals surface area (Å²) in [5.41, 5.74) is 8.09. The van der Waals surface area contributed by atoms with Gasteiger partial charge in [-0.2, -0.15) is 0 Å². The molecule has 0 amide bonds. The number of hydrogen-bond donors (Lipinski definition) is 0. The lowest BCUT2D eigenvalue weighted by Gasteiger charge is -2.10. The van der Waals surface area contributed by atoms with E-state index in [1.54, 1.807) is 6.20 Å². The number of benzene rings is 3. The Morgan fingerprint density at radius 2 is 1.29 bits per heavy atom. The van der Waals surface area contributed by atoms with Crippen molar-refractivity contribution in [3.8, 4) is 5.69 Å². The predicted molar refractivity (Wildman–Crippen MR) is 138 cm³/mol. The minimum atomic E-state index is 0.740. The van der Waals surface area contributed by atoms with E-state index in [0.29, 0.717) is 0 Å². The molecular weight excluding hydrogens is 418 g/mol. The number of fused-ring (bicyclic) bond motifs is 12. The molecular formula is C29H17N5. The van der Waals surface area contributed by atoms with Crippen molar-refractivity contribution in [1.82, 2.24) is 23.9 Å². The van der Waals surface area contributed by atoms with Crippen molar-refractivity contribution < 1.29 is 0 Å². The lowest BCUT2D eigenvalue weighted by Crippen LogP contribution is -1.95. The van der Waals surface area contributed by atoms with Crippen molar-refractivity contribution in [2.24, 2.45) is 0 Å². The van der Waals surface area contributed by atoms with E-state index in [2.05, 4.69) is 92.8 Å². The highest BCUT2D eigenvalue weighted by Gasteiger charge is 2.21. The molecule has 5 heteroatoms. The summed E-state index contributed by atoms with van der Waals surface area (Å²) in [4.78, 5) is 14.4. The summed E-state index contributed by atoms with van der Waals surface area (Å²) in [7, 11) is 0. The standard InChI is InChI=1S/C29H17N5/c1-2-8-18(9-3-1)33-21-11-5-4-10-19(21)25-22(33)15-14-20-26(25)29-32-28-24(13-7-17-31-28)34(29)23-12-6-16-30-27(20)23/h1-17H. The monoisotopic (exact) mass is 435 g/mol. The maximum atomic E-state index is 5.05. The molecule has 0 saturated heterocycles. The quantitative estimate of drug-likeness (QED) is 0.270. The number of nitrogens with zero attached hydrogens (tertiary/aromatic N) is 5. The van der Waals surface area contributed by atoms with Crippen molar-refractivity contribution >= 4 is 60.4 Å². The van der Waals surface area contributed by atoms with Gasteiger partial charge in [0, 0.05) is 39.6 Å². The van der Waals surface area contributed by atoms with E-state index < -0.39 is 0 Å². The van der Waals surface area contributed by atoms with E-state index in [0.717, 1.165) is 49.8 Å². The molecule has 0 radical (unpaired) electrons. The molecule has 0 N–H and O–H groups in total. The van der Waals surface area contributed by atoms with Crippen LogP contribution in [0, 0.1) is 0 Å². The molecule has 0 aliphatic rings. The summed E-state index contributed by atoms with van der Waals surface area (Å²) in [5, 5.41) is 4.59. The third-order valence-corrected chi connectivity index (χ3v) is 6.79. The van der Waals surface area contributed by atoms with Crippen molar-refractivity contribution in [3.63, 3.8) is 0 Å². The summed E-state index contributed by atoms with van der Waals surface area (Å²) in [6, 6.07) is 31.7. The van der Waals surface area contributed by atoms with Gasteiger partial charge in [-0.3, -0.25) is 9.38 Å². The maximum absolute atomic E-state index is 5.05. The summed E-state index contributed by atoms with van der Waals surface area (Å²) in [6.45, 7) is 0. The van der Waals surface area contributed by atoms with Gasteiger partial charge >= 0.3 is 0 Å². The minimum absolute atomic E-state index is 0.740. The van der Waals surface area contributed by atoms with Crippen LogP contribution in [0.5, 0.6) is 0 Å². The van der Waals surface area contributed by atoms with Crippen LogP contribution in [0.4, 0.5) is 0 Å². The molecule has 34 heavy (non-hydrogen) atoms. The van der Waals surface area contributed by atoms with Gasteiger partial charge in [0.2, 0.25) is 0 Å². The Labute approximate surface area is 193 Å². The Bertz CT molecular complexity index is 2070. The van der Waals surface area contributed by atoms with Gasteiger partial charge in [0.15, 0.2) is 5.65 Å². The fourth-order valence-corrected chi connectivity index (χ4v) is 5.46. The Kier molecular flexibility index (Phi) is 3.34. The van der Waals surface area contributed by atoms with Crippen molar-refractivity contribution in [3.05, 3.63) is 103 Å². The van der Waals surface area contributed by atoms with Crippen LogP contribution >= 0.6 is 0 Å². The van der Waals surface area contributed by atoms with Crippen LogP contribution in [0.15, 0.2) is 103 Å². The molecule has 0 fully saturated rings. The molecule has 0 saturated carbocycles. The van der Waals surface area contributed by atoms with E-state index in [1.165, 1.54) is 16.3 Å². The number of rotatable bonds is 1. The Morgan fingerprint density at radius 3 is 2.21 bits per heavy atom. The summed E-state index contributed by atoms with van der Waals surface area (Å²) < 4.78 is 4.55. The Morgan fingerprint density at radius 1 is 0.529 bits per heavy atom. The number of hydrogen-bond acceptors (Lipinski definition) is 3. The first-order valence-corrected chi connectivity index (χ1v) is 11.3. The van der Waals surface area contributed by atoms with Crippen LogP contribution in [0.25, 0.3) is 66.1 Å².